The summed E-state index contributed by atoms with van der Waals surface area (Å²) >= 11 is 0. The summed E-state index contributed by atoms with van der Waals surface area (Å²) in [4.78, 5) is 34.3. The zero-order chi connectivity index (χ0) is 20.5. The molecule has 1 saturated heterocycles. The molecule has 2 amide bonds. The molecule has 0 atom stereocenters. The number of hydrogen-bond acceptors (Lipinski definition) is 8. The lowest BCUT2D eigenvalue weighted by Crippen LogP contribution is -2.28. The maximum atomic E-state index is 12.7. The van der Waals surface area contributed by atoms with Crippen molar-refractivity contribution in [3.63, 3.8) is 0 Å². The molecule has 0 unspecified atom stereocenters. The summed E-state index contributed by atoms with van der Waals surface area (Å²) in [5, 5.41) is 0. The van der Waals surface area contributed by atoms with Gasteiger partial charge in [-0.1, -0.05) is 0 Å². The predicted octanol–water partition coefficient (Wildman–Crippen LogP) is 1.01. The Balaban J connectivity index is 1.88. The molecule has 0 bridgehead atoms. The van der Waals surface area contributed by atoms with Crippen LogP contribution in [0.25, 0.3) is 0 Å². The van der Waals surface area contributed by atoms with Crippen LogP contribution in [0, 0.1) is 0 Å². The second kappa shape index (κ2) is 7.43. The summed E-state index contributed by atoms with van der Waals surface area (Å²) < 4.78 is 32.9. The molecule has 1 aliphatic rings. The lowest BCUT2D eigenvalue weighted by molar-refractivity contribution is -0.121. The van der Waals surface area contributed by atoms with E-state index in [0.717, 1.165) is 4.90 Å². The molecule has 1 aromatic heterocycles. The zero-order valence-corrected chi connectivity index (χ0v) is 16.4. The topological polar surface area (TPSA) is 122 Å². The van der Waals surface area contributed by atoms with E-state index in [0.29, 0.717) is 11.5 Å². The minimum absolute atomic E-state index is 0.0316. The van der Waals surface area contributed by atoms with Crippen LogP contribution >= 0.6 is 0 Å². The van der Waals surface area contributed by atoms with E-state index in [4.69, 9.17) is 4.74 Å². The molecule has 11 heteroatoms. The number of benzene rings is 1. The van der Waals surface area contributed by atoms with Crippen molar-refractivity contribution >= 4 is 39.0 Å². The molecule has 0 aliphatic carbocycles. The van der Waals surface area contributed by atoms with Crippen LogP contribution in [0.3, 0.4) is 0 Å². The third-order valence-electron chi connectivity index (χ3n) is 4.05. The Morgan fingerprint density at radius 3 is 2.25 bits per heavy atom. The van der Waals surface area contributed by atoms with Crippen molar-refractivity contribution in [2.24, 2.45) is 0 Å². The number of nitrogens with zero attached hydrogens (tertiary/aromatic N) is 4. The Hall–Kier alpha value is -3.21. The number of amides is 2. The summed E-state index contributed by atoms with van der Waals surface area (Å²) in [7, 11) is 0.884. The zero-order valence-electron chi connectivity index (χ0n) is 15.5. The van der Waals surface area contributed by atoms with Gasteiger partial charge in [0.25, 0.3) is 10.0 Å². The van der Waals surface area contributed by atoms with Crippen LogP contribution < -0.4 is 19.3 Å². The molecule has 1 aromatic carbocycles. The highest BCUT2D eigenvalue weighted by molar-refractivity contribution is 7.92. The summed E-state index contributed by atoms with van der Waals surface area (Å²) in [5.74, 6) is -0.269. The van der Waals surface area contributed by atoms with E-state index in [9.17, 15) is 18.0 Å². The van der Waals surface area contributed by atoms with Gasteiger partial charge < -0.3 is 9.64 Å². The highest BCUT2D eigenvalue weighted by Gasteiger charge is 2.30. The highest BCUT2D eigenvalue weighted by Crippen LogP contribution is 2.27. The number of hydrogen-bond donors (Lipinski definition) is 1. The van der Waals surface area contributed by atoms with Gasteiger partial charge in [-0.05, 0) is 24.3 Å². The molecule has 0 spiro atoms. The Kier molecular flexibility index (Phi) is 5.18. The van der Waals surface area contributed by atoms with Crippen LogP contribution in [0.5, 0.6) is 6.01 Å². The first-order valence-electron chi connectivity index (χ1n) is 8.30. The molecule has 0 radical (unpaired) electrons. The lowest BCUT2D eigenvalue weighted by atomic mass is 10.3. The third-order valence-corrected chi connectivity index (χ3v) is 5.44. The molecule has 1 N–H and O–H groups in total. The van der Waals surface area contributed by atoms with E-state index in [1.165, 1.54) is 37.6 Å². The first kappa shape index (κ1) is 19.5. The second-order valence-corrected chi connectivity index (χ2v) is 7.89. The van der Waals surface area contributed by atoms with Gasteiger partial charge in [-0.3, -0.25) is 19.2 Å². The molecule has 2 heterocycles. The average molecular weight is 405 g/mol. The first-order valence-corrected chi connectivity index (χ1v) is 9.78. The van der Waals surface area contributed by atoms with Gasteiger partial charge in [0.1, 0.15) is 5.69 Å². The molecule has 10 nitrogen and oxygen atoms in total. The van der Waals surface area contributed by atoms with Gasteiger partial charge in [-0.25, -0.2) is 13.4 Å². The van der Waals surface area contributed by atoms with Gasteiger partial charge in [0.2, 0.25) is 11.8 Å². The molecule has 2 aromatic rings. The quantitative estimate of drug-likeness (QED) is 0.707. The summed E-state index contributed by atoms with van der Waals surface area (Å²) in [6.07, 6.45) is 1.63. The summed E-state index contributed by atoms with van der Waals surface area (Å²) in [6, 6.07) is 5.61. The average Bonchev–Trinajstić information content (AvgIpc) is 3.00. The Labute approximate surface area is 162 Å². The predicted molar refractivity (Wildman–Crippen MR) is 102 cm³/mol. The molecule has 148 valence electrons. The van der Waals surface area contributed by atoms with Crippen molar-refractivity contribution in [3.05, 3.63) is 30.5 Å². The molecule has 0 saturated carbocycles. The molecular weight excluding hydrogens is 386 g/mol. The number of ether oxygens (including phenoxy) is 1. The highest BCUT2D eigenvalue weighted by atomic mass is 32.2. The van der Waals surface area contributed by atoms with Crippen LogP contribution in [0.15, 0.2) is 35.4 Å². The van der Waals surface area contributed by atoms with Crippen molar-refractivity contribution < 1.29 is 22.7 Å². The van der Waals surface area contributed by atoms with Crippen molar-refractivity contribution in [1.82, 2.24) is 9.97 Å². The Morgan fingerprint density at radius 2 is 1.71 bits per heavy atom. The number of nitrogens with one attached hydrogen (secondary N) is 1. The fourth-order valence-corrected chi connectivity index (χ4v) is 3.76. The summed E-state index contributed by atoms with van der Waals surface area (Å²) in [6.45, 7) is 0. The smallest absolute Gasteiger partial charge is 0.318 e. The van der Waals surface area contributed by atoms with E-state index in [2.05, 4.69) is 14.7 Å². The number of rotatable bonds is 6. The van der Waals surface area contributed by atoms with E-state index < -0.39 is 10.0 Å². The lowest BCUT2D eigenvalue weighted by Gasteiger charge is -2.18. The van der Waals surface area contributed by atoms with E-state index >= 15 is 0 Å². The standard InChI is InChI=1S/C17H19N5O5S/c1-21(2)16-13(10-18-17(19-16)27-3)20-28(25,26)12-6-4-11(5-7-12)22-14(23)8-9-15(22)24/h4-7,10,20H,8-9H2,1-3H3. The Bertz CT molecular complexity index is 1000. The number of sulfonamides is 1. The minimum atomic E-state index is -3.94. The molecule has 3 rings (SSSR count). The van der Waals surface area contributed by atoms with E-state index in [1.54, 1.807) is 19.0 Å². The minimum Gasteiger partial charge on any atom is -0.467 e. The largest absolute Gasteiger partial charge is 0.467 e. The molecule has 28 heavy (non-hydrogen) atoms. The number of carbonyl (C=O) groups is 2. The van der Waals surface area contributed by atoms with Gasteiger partial charge in [0, 0.05) is 26.9 Å². The van der Waals surface area contributed by atoms with E-state index in [-0.39, 0.29) is 41.2 Å². The van der Waals surface area contributed by atoms with Crippen molar-refractivity contribution in [2.75, 3.05) is 35.7 Å². The van der Waals surface area contributed by atoms with Crippen molar-refractivity contribution in [2.45, 2.75) is 17.7 Å². The first-order chi connectivity index (χ1) is 13.2. The van der Waals surface area contributed by atoms with E-state index in [1.807, 2.05) is 0 Å². The van der Waals surface area contributed by atoms with Gasteiger partial charge in [0.15, 0.2) is 5.82 Å². The SMILES string of the molecule is COc1ncc(NS(=O)(=O)c2ccc(N3C(=O)CCC3=O)cc2)c(N(C)C)n1. The van der Waals surface area contributed by atoms with Crippen LogP contribution in [0.1, 0.15) is 12.8 Å². The molecule has 1 fully saturated rings. The maximum absolute atomic E-state index is 12.7. The normalized spacial score (nSPS) is 14.3. The van der Waals surface area contributed by atoms with Crippen molar-refractivity contribution in [1.29, 1.82) is 0 Å². The van der Waals surface area contributed by atoms with Gasteiger partial charge in [-0.2, -0.15) is 4.98 Å². The van der Waals surface area contributed by atoms with Crippen LogP contribution in [-0.4, -0.2) is 51.4 Å². The van der Waals surface area contributed by atoms with Gasteiger partial charge in [0.05, 0.1) is 23.9 Å². The fourth-order valence-electron chi connectivity index (χ4n) is 2.71. The second-order valence-electron chi connectivity index (χ2n) is 6.21. The van der Waals surface area contributed by atoms with Crippen LogP contribution in [0.4, 0.5) is 17.2 Å². The van der Waals surface area contributed by atoms with Crippen molar-refractivity contribution in [3.8, 4) is 6.01 Å². The Morgan fingerprint density at radius 1 is 1.11 bits per heavy atom. The van der Waals surface area contributed by atoms with Crippen LogP contribution in [0.2, 0.25) is 0 Å². The molecular formula is C17H19N5O5S. The number of aromatic nitrogens is 2. The van der Waals surface area contributed by atoms with Crippen LogP contribution in [-0.2, 0) is 19.6 Å². The monoisotopic (exact) mass is 405 g/mol. The third kappa shape index (κ3) is 3.74. The maximum Gasteiger partial charge on any atom is 0.318 e. The number of methoxy groups -OCH3 is 1. The summed E-state index contributed by atoms with van der Waals surface area (Å²) in [5.41, 5.74) is 0.521. The molecule has 1 aliphatic heterocycles. The number of anilines is 3. The van der Waals surface area contributed by atoms with Gasteiger partial charge in [-0.15, -0.1) is 0 Å². The number of carbonyl (C=O) groups excluding carboxylic acids is 2. The number of imide groups is 1. The van der Waals surface area contributed by atoms with Gasteiger partial charge >= 0.3 is 6.01 Å². The fraction of sp³-hybridized carbons (Fsp3) is 0.294.